The first-order chi connectivity index (χ1) is 11.0. The van der Waals surface area contributed by atoms with Crippen LogP contribution < -0.4 is 10.5 Å². The van der Waals surface area contributed by atoms with Gasteiger partial charge in [-0.05, 0) is 38.6 Å². The van der Waals surface area contributed by atoms with E-state index in [9.17, 15) is 4.79 Å². The van der Waals surface area contributed by atoms with Crippen LogP contribution in [0.25, 0.3) is 15.9 Å². The molecule has 7 heteroatoms. The molecular weight excluding hydrogens is 310 g/mol. The molecule has 4 rings (SSSR count). The number of aryl methyl sites for hydroxylation is 2. The van der Waals surface area contributed by atoms with E-state index in [1.165, 1.54) is 4.52 Å². The Morgan fingerprint density at radius 3 is 2.61 bits per heavy atom. The van der Waals surface area contributed by atoms with Crippen molar-refractivity contribution in [3.8, 4) is 0 Å². The molecule has 0 radical (unpaired) electrons. The second kappa shape index (κ2) is 5.28. The highest BCUT2D eigenvalue weighted by molar-refractivity contribution is 7.18. The SMILES string of the molecule is Cc1sc2nc3ccc(N4CCN(C)CC4)nn3c(=O)c2c1C. The predicted molar refractivity (Wildman–Crippen MR) is 93.8 cm³/mol. The standard InChI is InChI=1S/C16H19N5OS/c1-10-11(2)23-15-14(10)16(22)21-12(17-15)4-5-13(18-21)20-8-6-19(3)7-9-20/h4-5H,6-9H2,1-3H3. The molecule has 0 aliphatic carbocycles. The Morgan fingerprint density at radius 1 is 1.13 bits per heavy atom. The monoisotopic (exact) mass is 329 g/mol. The fraction of sp³-hybridized carbons (Fsp3) is 0.438. The molecule has 4 heterocycles. The quantitative estimate of drug-likeness (QED) is 0.680. The van der Waals surface area contributed by atoms with Gasteiger partial charge >= 0.3 is 0 Å². The van der Waals surface area contributed by atoms with Gasteiger partial charge in [-0.3, -0.25) is 4.79 Å². The highest BCUT2D eigenvalue weighted by atomic mass is 32.1. The van der Waals surface area contributed by atoms with Crippen molar-refractivity contribution in [3.05, 3.63) is 32.9 Å². The molecule has 0 N–H and O–H groups in total. The molecule has 1 saturated heterocycles. The van der Waals surface area contributed by atoms with Crippen molar-refractivity contribution < 1.29 is 0 Å². The van der Waals surface area contributed by atoms with Crippen LogP contribution in [-0.2, 0) is 0 Å². The summed E-state index contributed by atoms with van der Waals surface area (Å²) in [5, 5.41) is 5.28. The smallest absolute Gasteiger partial charge is 0.283 e. The summed E-state index contributed by atoms with van der Waals surface area (Å²) >= 11 is 1.57. The van der Waals surface area contributed by atoms with Gasteiger partial charge in [-0.25, -0.2) is 4.98 Å². The van der Waals surface area contributed by atoms with E-state index in [1.807, 2.05) is 26.0 Å². The molecule has 0 unspecified atom stereocenters. The van der Waals surface area contributed by atoms with Gasteiger partial charge in [0, 0.05) is 31.1 Å². The van der Waals surface area contributed by atoms with Crippen LogP contribution in [0.5, 0.6) is 0 Å². The third-order valence-electron chi connectivity index (χ3n) is 4.62. The van der Waals surface area contributed by atoms with Crippen molar-refractivity contribution in [2.75, 3.05) is 38.1 Å². The summed E-state index contributed by atoms with van der Waals surface area (Å²) in [6.07, 6.45) is 0. The number of nitrogens with zero attached hydrogens (tertiary/aromatic N) is 5. The van der Waals surface area contributed by atoms with Gasteiger partial charge in [0.1, 0.15) is 10.6 Å². The average Bonchev–Trinajstić information content (AvgIpc) is 2.83. The summed E-state index contributed by atoms with van der Waals surface area (Å²) in [5.41, 5.74) is 1.56. The Kier molecular flexibility index (Phi) is 3.35. The second-order valence-corrected chi connectivity index (χ2v) is 7.34. The first-order valence-electron chi connectivity index (χ1n) is 7.78. The van der Waals surface area contributed by atoms with E-state index in [2.05, 4.69) is 26.9 Å². The van der Waals surface area contributed by atoms with Gasteiger partial charge in [-0.15, -0.1) is 16.4 Å². The topological polar surface area (TPSA) is 53.7 Å². The van der Waals surface area contributed by atoms with E-state index in [0.29, 0.717) is 11.0 Å². The summed E-state index contributed by atoms with van der Waals surface area (Å²) < 4.78 is 1.45. The molecule has 0 aromatic carbocycles. The molecule has 6 nitrogen and oxygen atoms in total. The summed E-state index contributed by atoms with van der Waals surface area (Å²) in [6, 6.07) is 3.86. The number of likely N-dealkylation sites (N-methyl/N-ethyl adjacent to an activating group) is 1. The minimum Gasteiger partial charge on any atom is -0.353 e. The van der Waals surface area contributed by atoms with Crippen LogP contribution in [0.15, 0.2) is 16.9 Å². The Balaban J connectivity index is 1.88. The zero-order valence-electron chi connectivity index (χ0n) is 13.5. The van der Waals surface area contributed by atoms with E-state index in [4.69, 9.17) is 0 Å². The molecule has 1 aliphatic heterocycles. The Hall–Kier alpha value is -1.99. The Labute approximate surface area is 138 Å². The summed E-state index contributed by atoms with van der Waals surface area (Å²) in [5.74, 6) is 0.846. The largest absolute Gasteiger partial charge is 0.353 e. The van der Waals surface area contributed by atoms with Gasteiger partial charge < -0.3 is 9.80 Å². The van der Waals surface area contributed by atoms with Crippen molar-refractivity contribution >= 4 is 33.0 Å². The minimum absolute atomic E-state index is 0.0668. The number of thiophene rings is 1. The molecule has 1 aliphatic rings. The lowest BCUT2D eigenvalue weighted by molar-refractivity contribution is 0.311. The highest BCUT2D eigenvalue weighted by Crippen LogP contribution is 2.26. The molecule has 0 spiro atoms. The van der Waals surface area contributed by atoms with Crippen LogP contribution >= 0.6 is 11.3 Å². The van der Waals surface area contributed by atoms with Crippen LogP contribution in [0.4, 0.5) is 5.82 Å². The van der Waals surface area contributed by atoms with E-state index in [1.54, 1.807) is 11.3 Å². The average molecular weight is 329 g/mol. The van der Waals surface area contributed by atoms with Crippen LogP contribution in [0.2, 0.25) is 0 Å². The lowest BCUT2D eigenvalue weighted by atomic mass is 10.2. The summed E-state index contributed by atoms with van der Waals surface area (Å²) in [6.45, 7) is 7.88. The highest BCUT2D eigenvalue weighted by Gasteiger charge is 2.18. The van der Waals surface area contributed by atoms with Crippen molar-refractivity contribution in [1.29, 1.82) is 0 Å². The van der Waals surface area contributed by atoms with Gasteiger partial charge in [0.05, 0.1) is 5.39 Å². The number of hydrogen-bond donors (Lipinski definition) is 0. The first-order valence-corrected chi connectivity index (χ1v) is 8.59. The maximum Gasteiger partial charge on any atom is 0.283 e. The number of anilines is 1. The minimum atomic E-state index is -0.0668. The lowest BCUT2D eigenvalue weighted by Crippen LogP contribution is -2.45. The fourth-order valence-corrected chi connectivity index (χ4v) is 4.02. The molecule has 120 valence electrons. The van der Waals surface area contributed by atoms with E-state index in [-0.39, 0.29) is 5.56 Å². The van der Waals surface area contributed by atoms with Crippen molar-refractivity contribution in [3.63, 3.8) is 0 Å². The second-order valence-electron chi connectivity index (χ2n) is 6.13. The number of fused-ring (bicyclic) bond motifs is 2. The molecule has 1 fully saturated rings. The number of hydrogen-bond acceptors (Lipinski definition) is 6. The maximum absolute atomic E-state index is 12.8. The maximum atomic E-state index is 12.8. The van der Waals surface area contributed by atoms with Crippen LogP contribution in [0.3, 0.4) is 0 Å². The van der Waals surface area contributed by atoms with E-state index >= 15 is 0 Å². The molecule has 0 amide bonds. The molecule has 23 heavy (non-hydrogen) atoms. The molecule has 3 aromatic heterocycles. The molecular formula is C16H19N5OS. The normalized spacial score (nSPS) is 16.6. The van der Waals surface area contributed by atoms with Crippen LogP contribution in [0.1, 0.15) is 10.4 Å². The number of piperazine rings is 1. The van der Waals surface area contributed by atoms with Crippen molar-refractivity contribution in [2.24, 2.45) is 0 Å². The fourth-order valence-electron chi connectivity index (χ4n) is 2.99. The van der Waals surface area contributed by atoms with Gasteiger partial charge in [0.2, 0.25) is 0 Å². The van der Waals surface area contributed by atoms with Gasteiger partial charge in [0.25, 0.3) is 5.56 Å². The van der Waals surface area contributed by atoms with Gasteiger partial charge in [-0.1, -0.05) is 0 Å². The predicted octanol–water partition coefficient (Wildman–Crippen LogP) is 1.67. The number of rotatable bonds is 1. The lowest BCUT2D eigenvalue weighted by Gasteiger charge is -2.33. The zero-order chi connectivity index (χ0) is 16.1. The van der Waals surface area contributed by atoms with E-state index in [0.717, 1.165) is 47.3 Å². The summed E-state index contributed by atoms with van der Waals surface area (Å²) in [7, 11) is 2.12. The number of aromatic nitrogens is 3. The first kappa shape index (κ1) is 14.6. The van der Waals surface area contributed by atoms with E-state index < -0.39 is 0 Å². The third-order valence-corrected chi connectivity index (χ3v) is 5.72. The molecule has 0 atom stereocenters. The van der Waals surface area contributed by atoms with Gasteiger partial charge in [0.15, 0.2) is 5.65 Å². The Morgan fingerprint density at radius 2 is 1.87 bits per heavy atom. The molecule has 3 aromatic rings. The third kappa shape index (κ3) is 2.31. The summed E-state index contributed by atoms with van der Waals surface area (Å²) in [4.78, 5) is 23.9. The molecule has 0 saturated carbocycles. The molecule has 0 bridgehead atoms. The Bertz CT molecular complexity index is 952. The van der Waals surface area contributed by atoms with Gasteiger partial charge in [-0.2, -0.15) is 4.52 Å². The van der Waals surface area contributed by atoms with Crippen LogP contribution in [-0.4, -0.2) is 52.7 Å². The van der Waals surface area contributed by atoms with Crippen LogP contribution in [0, 0.1) is 13.8 Å². The van der Waals surface area contributed by atoms with Crippen molar-refractivity contribution in [1.82, 2.24) is 19.5 Å². The van der Waals surface area contributed by atoms with Crippen molar-refractivity contribution in [2.45, 2.75) is 13.8 Å². The zero-order valence-corrected chi connectivity index (χ0v) is 14.4.